The van der Waals surface area contributed by atoms with Gasteiger partial charge in [0, 0.05) is 75.8 Å². The normalized spacial score (nSPS) is 20.3. The van der Waals surface area contributed by atoms with Crippen LogP contribution in [0.2, 0.25) is 0 Å². The van der Waals surface area contributed by atoms with Gasteiger partial charge in [0.25, 0.3) is 0 Å². The Morgan fingerprint density at radius 2 is 1.71 bits per heavy atom. The number of sulfonamides is 1. The Morgan fingerprint density at radius 1 is 1.00 bits per heavy atom. The summed E-state index contributed by atoms with van der Waals surface area (Å²) in [6.45, 7) is 7.36. The number of hydrogen-bond donors (Lipinski definition) is 0. The van der Waals surface area contributed by atoms with E-state index in [1.165, 1.54) is 10.6 Å². The molecule has 184 valence electrons. The van der Waals surface area contributed by atoms with Gasteiger partial charge >= 0.3 is 0 Å². The lowest BCUT2D eigenvalue weighted by Crippen LogP contribution is -2.50. The third kappa shape index (κ3) is 5.16. The molecule has 2 fully saturated rings. The molecule has 2 aromatic heterocycles. The average Bonchev–Trinajstić information content (AvgIpc) is 2.82. The molecule has 0 radical (unpaired) electrons. The summed E-state index contributed by atoms with van der Waals surface area (Å²) in [7, 11) is -3.19. The molecule has 0 unspecified atom stereocenters. The first kappa shape index (κ1) is 23.4. The lowest BCUT2D eigenvalue weighted by Gasteiger charge is -2.40. The molecule has 0 amide bonds. The van der Waals surface area contributed by atoms with Crippen molar-refractivity contribution < 1.29 is 13.2 Å². The highest BCUT2D eigenvalue weighted by Crippen LogP contribution is 2.25. The molecular formula is C23H33N7O3S. The largest absolute Gasteiger partial charge is 0.378 e. The monoisotopic (exact) mass is 487 g/mol. The molecule has 0 spiro atoms. The molecule has 3 aliphatic heterocycles. The van der Waals surface area contributed by atoms with Gasteiger partial charge in [0.15, 0.2) is 0 Å². The quantitative estimate of drug-likeness (QED) is 0.571. The zero-order valence-corrected chi connectivity index (χ0v) is 20.7. The molecule has 0 bridgehead atoms. The van der Waals surface area contributed by atoms with Crippen molar-refractivity contribution in [2.24, 2.45) is 5.92 Å². The summed E-state index contributed by atoms with van der Waals surface area (Å²) in [6.07, 6.45) is 10.6. The van der Waals surface area contributed by atoms with E-state index in [9.17, 15) is 8.42 Å². The van der Waals surface area contributed by atoms with Gasteiger partial charge in [0.1, 0.15) is 0 Å². The Bertz CT molecular complexity index is 1100. The molecule has 34 heavy (non-hydrogen) atoms. The Labute approximate surface area is 201 Å². The molecule has 11 heteroatoms. The first-order chi connectivity index (χ1) is 16.4. The second kappa shape index (κ2) is 9.71. The Kier molecular flexibility index (Phi) is 6.67. The average molecular weight is 488 g/mol. The number of aromatic nitrogens is 4. The van der Waals surface area contributed by atoms with Gasteiger partial charge in [0.05, 0.1) is 24.7 Å². The first-order valence-electron chi connectivity index (χ1n) is 12.1. The van der Waals surface area contributed by atoms with E-state index in [-0.39, 0.29) is 6.10 Å². The van der Waals surface area contributed by atoms with Crippen LogP contribution in [0.5, 0.6) is 0 Å². The van der Waals surface area contributed by atoms with E-state index in [2.05, 4.69) is 31.7 Å². The standard InChI is InChI=1S/C23H33N7O3S/c1-3-17-10-24-22(25-11-17)29-13-18(14-29)16-33-20-4-7-28(8-5-20)23-26-12-19-15-30(34(2,31)32)9-6-21(19)27-23/h10-12,18,20H,3-9,13-16H2,1-2H3. The fourth-order valence-electron chi connectivity index (χ4n) is 4.74. The molecule has 5 rings (SSSR count). The van der Waals surface area contributed by atoms with Crippen LogP contribution in [0.25, 0.3) is 0 Å². The van der Waals surface area contributed by atoms with Crippen molar-refractivity contribution in [3.05, 3.63) is 35.4 Å². The van der Waals surface area contributed by atoms with Crippen LogP contribution in [0.1, 0.15) is 36.6 Å². The maximum atomic E-state index is 11.8. The molecule has 0 N–H and O–H groups in total. The molecular weight excluding hydrogens is 454 g/mol. The van der Waals surface area contributed by atoms with Crippen LogP contribution in [0.3, 0.4) is 0 Å². The zero-order valence-electron chi connectivity index (χ0n) is 19.9. The lowest BCUT2D eigenvalue weighted by molar-refractivity contribution is 0.00948. The van der Waals surface area contributed by atoms with Crippen molar-refractivity contribution in [3.8, 4) is 0 Å². The topological polar surface area (TPSA) is 105 Å². The number of piperidine rings is 1. The number of hydrogen-bond acceptors (Lipinski definition) is 9. The molecule has 2 saturated heterocycles. The molecule has 5 heterocycles. The minimum Gasteiger partial charge on any atom is -0.378 e. The van der Waals surface area contributed by atoms with Gasteiger partial charge in [-0.2, -0.15) is 4.31 Å². The maximum absolute atomic E-state index is 11.8. The summed E-state index contributed by atoms with van der Waals surface area (Å²) < 4.78 is 31.4. The fourth-order valence-corrected chi connectivity index (χ4v) is 5.54. The Hall–Kier alpha value is -2.37. The number of nitrogens with zero attached hydrogens (tertiary/aromatic N) is 7. The van der Waals surface area contributed by atoms with Crippen molar-refractivity contribution in [1.82, 2.24) is 24.2 Å². The van der Waals surface area contributed by atoms with Crippen molar-refractivity contribution >= 4 is 21.9 Å². The second-order valence-corrected chi connectivity index (χ2v) is 11.5. The molecule has 10 nitrogen and oxygen atoms in total. The lowest BCUT2D eigenvalue weighted by atomic mass is 10.0. The van der Waals surface area contributed by atoms with Crippen LogP contribution in [-0.4, -0.2) is 84.3 Å². The molecule has 2 aromatic rings. The van der Waals surface area contributed by atoms with Crippen molar-refractivity contribution in [1.29, 1.82) is 0 Å². The minimum absolute atomic E-state index is 0.270. The number of aryl methyl sites for hydroxylation is 1. The second-order valence-electron chi connectivity index (χ2n) is 9.52. The first-order valence-corrected chi connectivity index (χ1v) is 14.0. The van der Waals surface area contributed by atoms with Gasteiger partial charge in [-0.05, 0) is 24.8 Å². The van der Waals surface area contributed by atoms with Crippen molar-refractivity contribution in [2.75, 3.05) is 55.4 Å². The smallest absolute Gasteiger partial charge is 0.225 e. The highest BCUT2D eigenvalue weighted by molar-refractivity contribution is 7.88. The number of fused-ring (bicyclic) bond motifs is 1. The third-order valence-corrected chi connectivity index (χ3v) is 8.24. The highest BCUT2D eigenvalue weighted by Gasteiger charge is 2.31. The van der Waals surface area contributed by atoms with Gasteiger partial charge in [0.2, 0.25) is 21.9 Å². The summed E-state index contributed by atoms with van der Waals surface area (Å²) >= 11 is 0. The van der Waals surface area contributed by atoms with Crippen LogP contribution in [0.15, 0.2) is 18.6 Å². The molecule has 0 aromatic carbocycles. The van der Waals surface area contributed by atoms with Gasteiger partial charge < -0.3 is 14.5 Å². The molecule has 0 aliphatic carbocycles. The van der Waals surface area contributed by atoms with E-state index in [1.54, 1.807) is 6.20 Å². The van der Waals surface area contributed by atoms with Gasteiger partial charge in [-0.1, -0.05) is 6.92 Å². The van der Waals surface area contributed by atoms with Crippen molar-refractivity contribution in [2.45, 2.75) is 45.3 Å². The summed E-state index contributed by atoms with van der Waals surface area (Å²) in [5.74, 6) is 2.09. The number of rotatable bonds is 7. The van der Waals surface area contributed by atoms with Crippen LogP contribution in [0, 0.1) is 5.92 Å². The Morgan fingerprint density at radius 3 is 2.38 bits per heavy atom. The minimum atomic E-state index is -3.19. The van der Waals surface area contributed by atoms with E-state index < -0.39 is 10.0 Å². The third-order valence-electron chi connectivity index (χ3n) is 6.99. The van der Waals surface area contributed by atoms with Crippen LogP contribution >= 0.6 is 0 Å². The van der Waals surface area contributed by atoms with Crippen molar-refractivity contribution in [3.63, 3.8) is 0 Å². The molecule has 0 saturated carbocycles. The van der Waals surface area contributed by atoms with Crippen LogP contribution in [0.4, 0.5) is 11.9 Å². The predicted molar refractivity (Wildman–Crippen MR) is 129 cm³/mol. The van der Waals surface area contributed by atoms with Crippen LogP contribution in [-0.2, 0) is 34.1 Å². The van der Waals surface area contributed by atoms with E-state index in [0.717, 1.165) is 80.8 Å². The number of ether oxygens (including phenoxy) is 1. The van der Waals surface area contributed by atoms with Gasteiger partial charge in [-0.3, -0.25) is 0 Å². The predicted octanol–water partition coefficient (Wildman–Crippen LogP) is 1.27. The SMILES string of the molecule is CCc1cnc(N2CC(COC3CCN(c4ncc5c(n4)CCN(S(C)(=O)=O)C5)CC3)C2)nc1. The molecule has 0 atom stereocenters. The Balaban J connectivity index is 1.06. The summed E-state index contributed by atoms with van der Waals surface area (Å²) in [6, 6.07) is 0. The maximum Gasteiger partial charge on any atom is 0.225 e. The van der Waals surface area contributed by atoms with E-state index >= 15 is 0 Å². The number of anilines is 2. The van der Waals surface area contributed by atoms with Gasteiger partial charge in [-0.25, -0.2) is 28.4 Å². The van der Waals surface area contributed by atoms with E-state index in [4.69, 9.17) is 9.72 Å². The fraction of sp³-hybridized carbons (Fsp3) is 0.652. The summed E-state index contributed by atoms with van der Waals surface area (Å²) in [5, 5.41) is 0. The highest BCUT2D eigenvalue weighted by atomic mass is 32.2. The van der Waals surface area contributed by atoms with Gasteiger partial charge in [-0.15, -0.1) is 0 Å². The summed E-state index contributed by atoms with van der Waals surface area (Å²) in [5.41, 5.74) is 3.03. The van der Waals surface area contributed by atoms with E-state index in [1.807, 2.05) is 12.4 Å². The summed E-state index contributed by atoms with van der Waals surface area (Å²) in [4.78, 5) is 22.6. The molecule has 3 aliphatic rings. The zero-order chi connectivity index (χ0) is 23.7. The van der Waals surface area contributed by atoms with E-state index in [0.29, 0.717) is 25.4 Å². The van der Waals surface area contributed by atoms with Crippen LogP contribution < -0.4 is 9.80 Å².